The molecule has 0 saturated carbocycles. The lowest BCUT2D eigenvalue weighted by Gasteiger charge is -2.05. The third-order valence-corrected chi connectivity index (χ3v) is 3.31. The fourth-order valence-corrected chi connectivity index (χ4v) is 2.55. The topological polar surface area (TPSA) is 22.1 Å². The first-order valence-electron chi connectivity index (χ1n) is 4.93. The van der Waals surface area contributed by atoms with Crippen LogP contribution in [-0.2, 0) is 17.6 Å². The van der Waals surface area contributed by atoms with Gasteiger partial charge in [0.2, 0.25) is 0 Å². The number of aryl methyl sites for hydroxylation is 1. The molecule has 0 spiro atoms. The number of hydrogen-bond donors (Lipinski definition) is 0. The van der Waals surface area contributed by atoms with E-state index in [1.165, 1.54) is 23.5 Å². The van der Waals surface area contributed by atoms with Crippen LogP contribution in [-0.4, -0.2) is 17.7 Å². The average Bonchev–Trinajstić information content (AvgIpc) is 2.76. The molecular formula is C10H15NOS. The highest BCUT2D eigenvalue weighted by atomic mass is 32.1. The van der Waals surface area contributed by atoms with E-state index in [-0.39, 0.29) is 0 Å². The molecule has 0 amide bonds. The van der Waals surface area contributed by atoms with E-state index in [0.717, 1.165) is 19.4 Å². The van der Waals surface area contributed by atoms with Crippen LogP contribution in [0.1, 0.15) is 30.5 Å². The second kappa shape index (κ2) is 4.20. The molecule has 3 heteroatoms. The van der Waals surface area contributed by atoms with Crippen molar-refractivity contribution in [3.63, 3.8) is 0 Å². The molecule has 2 rings (SSSR count). The lowest BCUT2D eigenvalue weighted by molar-refractivity contribution is 0.111. The number of thiazole rings is 1. The molecule has 1 aromatic rings. The van der Waals surface area contributed by atoms with Crippen LogP contribution in [0.4, 0.5) is 0 Å². The minimum absolute atomic E-state index is 0.441. The zero-order chi connectivity index (χ0) is 9.10. The predicted molar refractivity (Wildman–Crippen MR) is 54.2 cm³/mol. The van der Waals surface area contributed by atoms with Gasteiger partial charge in [0.05, 0.1) is 16.8 Å². The van der Waals surface area contributed by atoms with Gasteiger partial charge in [-0.1, -0.05) is 6.92 Å². The molecule has 1 fully saturated rings. The molecule has 0 N–H and O–H groups in total. The molecule has 2 nitrogen and oxygen atoms in total. The summed E-state index contributed by atoms with van der Waals surface area (Å²) in [5, 5.41) is 3.40. The Morgan fingerprint density at radius 3 is 3.23 bits per heavy atom. The number of nitrogens with zero attached hydrogens (tertiary/aromatic N) is 1. The van der Waals surface area contributed by atoms with Crippen LogP contribution in [0, 0.1) is 0 Å². The Hall–Kier alpha value is -0.410. The van der Waals surface area contributed by atoms with E-state index in [1.807, 2.05) is 0 Å². The van der Waals surface area contributed by atoms with Crippen molar-refractivity contribution < 1.29 is 4.74 Å². The van der Waals surface area contributed by atoms with Gasteiger partial charge in [-0.25, -0.2) is 4.98 Å². The van der Waals surface area contributed by atoms with E-state index in [0.29, 0.717) is 6.10 Å². The van der Waals surface area contributed by atoms with E-state index in [4.69, 9.17) is 4.74 Å². The Balaban J connectivity index is 1.92. The lowest BCUT2D eigenvalue weighted by atomic mass is 10.2. The number of aromatic nitrogens is 1. The normalized spacial score (nSPS) is 22.4. The molecule has 13 heavy (non-hydrogen) atoms. The molecule has 72 valence electrons. The maximum Gasteiger partial charge on any atom is 0.0954 e. The van der Waals surface area contributed by atoms with Gasteiger partial charge in [-0.05, 0) is 19.3 Å². The van der Waals surface area contributed by atoms with E-state index >= 15 is 0 Å². The van der Waals surface area contributed by atoms with Crippen molar-refractivity contribution in [3.05, 3.63) is 16.1 Å². The first kappa shape index (κ1) is 9.16. The van der Waals surface area contributed by atoms with Gasteiger partial charge in [0.15, 0.2) is 0 Å². The van der Waals surface area contributed by atoms with Crippen molar-refractivity contribution in [3.8, 4) is 0 Å². The van der Waals surface area contributed by atoms with Crippen LogP contribution >= 0.6 is 11.3 Å². The van der Waals surface area contributed by atoms with E-state index in [9.17, 15) is 0 Å². The van der Waals surface area contributed by atoms with Gasteiger partial charge in [0.1, 0.15) is 0 Å². The van der Waals surface area contributed by atoms with Crippen molar-refractivity contribution in [2.24, 2.45) is 0 Å². The Labute approximate surface area is 83.0 Å². The maximum atomic E-state index is 5.57. The Bertz CT molecular complexity index is 266. The van der Waals surface area contributed by atoms with Crippen LogP contribution in [0.25, 0.3) is 0 Å². The van der Waals surface area contributed by atoms with E-state index < -0.39 is 0 Å². The third kappa shape index (κ3) is 2.29. The van der Waals surface area contributed by atoms with Gasteiger partial charge in [0, 0.05) is 18.4 Å². The highest BCUT2D eigenvalue weighted by Gasteiger charge is 2.17. The molecule has 1 aromatic heterocycles. The monoisotopic (exact) mass is 197 g/mol. The van der Waals surface area contributed by atoms with Gasteiger partial charge < -0.3 is 4.74 Å². The molecule has 1 unspecified atom stereocenters. The van der Waals surface area contributed by atoms with Gasteiger partial charge in [-0.3, -0.25) is 0 Å². The van der Waals surface area contributed by atoms with Crippen LogP contribution in [0.5, 0.6) is 0 Å². The van der Waals surface area contributed by atoms with Crippen LogP contribution in [0.15, 0.2) is 5.38 Å². The largest absolute Gasteiger partial charge is 0.378 e. The first-order chi connectivity index (χ1) is 6.38. The molecule has 1 aliphatic heterocycles. The van der Waals surface area contributed by atoms with Gasteiger partial charge in [0.25, 0.3) is 0 Å². The van der Waals surface area contributed by atoms with Crippen molar-refractivity contribution in [1.29, 1.82) is 0 Å². The summed E-state index contributed by atoms with van der Waals surface area (Å²) in [6.45, 7) is 3.08. The number of ether oxygens (including phenoxy) is 1. The predicted octanol–water partition coefficient (Wildman–Crippen LogP) is 2.43. The average molecular weight is 197 g/mol. The van der Waals surface area contributed by atoms with Gasteiger partial charge >= 0.3 is 0 Å². The van der Waals surface area contributed by atoms with Crippen molar-refractivity contribution in [1.82, 2.24) is 4.98 Å². The molecule has 0 aliphatic carbocycles. The molecule has 2 heterocycles. The minimum atomic E-state index is 0.441. The number of hydrogen-bond acceptors (Lipinski definition) is 3. The van der Waals surface area contributed by atoms with E-state index in [1.54, 1.807) is 11.3 Å². The molecule has 0 bridgehead atoms. The summed E-state index contributed by atoms with van der Waals surface area (Å²) >= 11 is 1.77. The zero-order valence-electron chi connectivity index (χ0n) is 7.95. The molecule has 0 aromatic carbocycles. The lowest BCUT2D eigenvalue weighted by Crippen LogP contribution is -2.08. The summed E-state index contributed by atoms with van der Waals surface area (Å²) in [5.74, 6) is 0. The quantitative estimate of drug-likeness (QED) is 0.742. The number of rotatable bonds is 3. The highest BCUT2D eigenvalue weighted by Crippen LogP contribution is 2.19. The summed E-state index contributed by atoms with van der Waals surface area (Å²) in [5.41, 5.74) is 1.22. The molecular weight excluding hydrogens is 182 g/mol. The highest BCUT2D eigenvalue weighted by molar-refractivity contribution is 7.09. The smallest absolute Gasteiger partial charge is 0.0954 e. The van der Waals surface area contributed by atoms with Gasteiger partial charge in [-0.15, -0.1) is 11.3 Å². The SMILES string of the molecule is CCc1csc(CC2CCCO2)n1. The van der Waals surface area contributed by atoms with Crippen molar-refractivity contribution in [2.45, 2.75) is 38.7 Å². The Morgan fingerprint density at radius 2 is 2.62 bits per heavy atom. The van der Waals surface area contributed by atoms with Crippen molar-refractivity contribution in [2.75, 3.05) is 6.61 Å². The standard InChI is InChI=1S/C10H15NOS/c1-2-8-7-13-10(11-8)6-9-4-3-5-12-9/h7,9H,2-6H2,1H3. The molecule has 1 atom stereocenters. The summed E-state index contributed by atoms with van der Waals surface area (Å²) in [6.07, 6.45) is 4.93. The summed E-state index contributed by atoms with van der Waals surface area (Å²) in [6, 6.07) is 0. The fourth-order valence-electron chi connectivity index (χ4n) is 1.61. The Kier molecular flexibility index (Phi) is 2.96. The first-order valence-corrected chi connectivity index (χ1v) is 5.81. The minimum Gasteiger partial charge on any atom is -0.378 e. The fraction of sp³-hybridized carbons (Fsp3) is 0.700. The van der Waals surface area contributed by atoms with Crippen LogP contribution in [0.3, 0.4) is 0 Å². The third-order valence-electron chi connectivity index (χ3n) is 2.39. The van der Waals surface area contributed by atoms with Gasteiger partial charge in [-0.2, -0.15) is 0 Å². The molecule has 1 saturated heterocycles. The summed E-state index contributed by atoms with van der Waals surface area (Å²) < 4.78 is 5.57. The molecule has 0 radical (unpaired) electrons. The maximum absolute atomic E-state index is 5.57. The van der Waals surface area contributed by atoms with Crippen molar-refractivity contribution >= 4 is 11.3 Å². The summed E-state index contributed by atoms with van der Waals surface area (Å²) in [4.78, 5) is 4.53. The van der Waals surface area contributed by atoms with Crippen LogP contribution < -0.4 is 0 Å². The van der Waals surface area contributed by atoms with E-state index in [2.05, 4.69) is 17.3 Å². The van der Waals surface area contributed by atoms with Crippen LogP contribution in [0.2, 0.25) is 0 Å². The summed E-state index contributed by atoms with van der Waals surface area (Å²) in [7, 11) is 0. The second-order valence-corrected chi connectivity index (χ2v) is 4.37. The Morgan fingerprint density at radius 1 is 1.69 bits per heavy atom. The zero-order valence-corrected chi connectivity index (χ0v) is 8.77. The molecule has 1 aliphatic rings. The second-order valence-electron chi connectivity index (χ2n) is 3.43.